The second-order valence-electron chi connectivity index (χ2n) is 5.67. The number of likely N-dealkylation sites (N-methyl/N-ethyl adjacent to an activating group) is 1. The predicted octanol–water partition coefficient (Wildman–Crippen LogP) is 3.24. The first-order valence-electron chi connectivity index (χ1n) is 6.82. The third-order valence-corrected chi connectivity index (χ3v) is 4.63. The molecule has 0 heterocycles. The predicted molar refractivity (Wildman–Crippen MR) is 81.5 cm³/mol. The number of nitrogens with zero attached hydrogens (tertiary/aromatic N) is 1. The van der Waals surface area contributed by atoms with Gasteiger partial charge in [-0.3, -0.25) is 0 Å². The molecule has 106 valence electrons. The zero-order valence-corrected chi connectivity index (χ0v) is 13.2. The molecule has 0 bridgehead atoms. The minimum Gasteiger partial charge on any atom is -0.389 e. The van der Waals surface area contributed by atoms with Gasteiger partial charge < -0.3 is 15.1 Å². The Bertz CT molecular complexity index is 442. The smallest absolute Gasteiger partial charge is 0.0821 e. The number of anilines is 1. The van der Waals surface area contributed by atoms with Crippen LogP contribution in [0.4, 0.5) is 5.69 Å². The number of halogens is 1. The van der Waals surface area contributed by atoms with Crippen molar-refractivity contribution in [1.29, 1.82) is 0 Å². The molecule has 0 amide bonds. The highest BCUT2D eigenvalue weighted by Gasteiger charge is 2.32. The topological polar surface area (TPSA) is 43.7 Å². The highest BCUT2D eigenvalue weighted by atomic mass is 79.9. The van der Waals surface area contributed by atoms with Crippen LogP contribution < -0.4 is 4.90 Å². The summed E-state index contributed by atoms with van der Waals surface area (Å²) in [7, 11) is 2.00. The molecule has 2 N–H and O–H groups in total. The van der Waals surface area contributed by atoms with Crippen molar-refractivity contribution in [2.24, 2.45) is 0 Å². The van der Waals surface area contributed by atoms with E-state index in [9.17, 15) is 10.2 Å². The first-order chi connectivity index (χ1) is 8.91. The summed E-state index contributed by atoms with van der Waals surface area (Å²) in [6.07, 6.45) is 3.55. The van der Waals surface area contributed by atoms with Crippen molar-refractivity contribution in [3.63, 3.8) is 0 Å². The van der Waals surface area contributed by atoms with E-state index in [1.807, 2.05) is 25.2 Å². The molecule has 4 heteroatoms. The number of rotatable bonds is 4. The lowest BCUT2D eigenvalue weighted by molar-refractivity contribution is 0.0559. The molecular formula is C15H22BrNO2. The molecule has 0 saturated heterocycles. The molecule has 1 fully saturated rings. The average Bonchev–Trinajstić information content (AvgIpc) is 2.75. The largest absolute Gasteiger partial charge is 0.389 e. The lowest BCUT2D eigenvalue weighted by Gasteiger charge is -2.30. The lowest BCUT2D eigenvalue weighted by Crippen LogP contribution is -2.39. The first kappa shape index (κ1) is 14.8. The van der Waals surface area contributed by atoms with Gasteiger partial charge in [0, 0.05) is 23.8 Å². The third kappa shape index (κ3) is 3.50. The van der Waals surface area contributed by atoms with E-state index in [1.54, 1.807) is 6.92 Å². The number of hydrogen-bond acceptors (Lipinski definition) is 3. The second-order valence-corrected chi connectivity index (χ2v) is 6.52. The molecule has 0 aromatic heterocycles. The van der Waals surface area contributed by atoms with Crippen molar-refractivity contribution in [3.05, 3.63) is 28.2 Å². The summed E-state index contributed by atoms with van der Waals surface area (Å²) in [5, 5.41) is 20.1. The van der Waals surface area contributed by atoms with Gasteiger partial charge in [-0.1, -0.05) is 34.8 Å². The van der Waals surface area contributed by atoms with E-state index in [2.05, 4.69) is 20.8 Å². The third-order valence-electron chi connectivity index (χ3n) is 3.94. The van der Waals surface area contributed by atoms with Gasteiger partial charge in [0.15, 0.2) is 0 Å². The van der Waals surface area contributed by atoms with Gasteiger partial charge >= 0.3 is 0 Å². The maximum atomic E-state index is 10.4. The zero-order chi connectivity index (χ0) is 14.0. The number of benzene rings is 1. The Kier molecular flexibility index (Phi) is 4.54. The van der Waals surface area contributed by atoms with Crippen molar-refractivity contribution in [1.82, 2.24) is 0 Å². The molecule has 1 aliphatic rings. The Morgan fingerprint density at radius 2 is 2.00 bits per heavy atom. The van der Waals surface area contributed by atoms with Gasteiger partial charge in [0.25, 0.3) is 0 Å². The molecule has 0 spiro atoms. The molecule has 0 aliphatic heterocycles. The van der Waals surface area contributed by atoms with E-state index in [0.717, 1.165) is 41.4 Å². The van der Waals surface area contributed by atoms with Crippen LogP contribution in [0.2, 0.25) is 0 Å². The Hall–Kier alpha value is -0.580. The van der Waals surface area contributed by atoms with Crippen molar-refractivity contribution < 1.29 is 10.2 Å². The molecule has 1 aromatic carbocycles. The molecule has 3 nitrogen and oxygen atoms in total. The van der Waals surface area contributed by atoms with Gasteiger partial charge in [-0.25, -0.2) is 0 Å². The molecule has 1 atom stereocenters. The van der Waals surface area contributed by atoms with Gasteiger partial charge in [-0.2, -0.15) is 0 Å². The fraction of sp³-hybridized carbons (Fsp3) is 0.600. The second kappa shape index (κ2) is 5.81. The Balaban J connectivity index is 2.11. The number of aliphatic hydroxyl groups excluding tert-OH is 1. The summed E-state index contributed by atoms with van der Waals surface area (Å²) in [5.74, 6) is 0. The summed E-state index contributed by atoms with van der Waals surface area (Å²) in [5.41, 5.74) is 1.40. The van der Waals surface area contributed by atoms with Gasteiger partial charge in [0.05, 0.1) is 11.7 Å². The zero-order valence-electron chi connectivity index (χ0n) is 11.6. The quantitative estimate of drug-likeness (QED) is 0.892. The molecule has 1 aromatic rings. The number of aliphatic hydroxyl groups is 2. The van der Waals surface area contributed by atoms with Gasteiger partial charge in [0.1, 0.15) is 0 Å². The lowest BCUT2D eigenvalue weighted by atomic mass is 10.0. The van der Waals surface area contributed by atoms with Gasteiger partial charge in [0.2, 0.25) is 0 Å². The molecule has 1 unspecified atom stereocenters. The van der Waals surface area contributed by atoms with Crippen LogP contribution in [0.25, 0.3) is 0 Å². The van der Waals surface area contributed by atoms with Crippen LogP contribution in [0.1, 0.15) is 44.3 Å². The van der Waals surface area contributed by atoms with Crippen LogP contribution in [0.5, 0.6) is 0 Å². The fourth-order valence-corrected chi connectivity index (χ4v) is 3.51. The highest BCUT2D eigenvalue weighted by molar-refractivity contribution is 9.10. The first-order valence-corrected chi connectivity index (χ1v) is 7.62. The van der Waals surface area contributed by atoms with Crippen LogP contribution in [0, 0.1) is 0 Å². The van der Waals surface area contributed by atoms with Gasteiger partial charge in [-0.05, 0) is 37.5 Å². The summed E-state index contributed by atoms with van der Waals surface area (Å²) < 4.78 is 0.908. The number of hydrogen-bond donors (Lipinski definition) is 2. The van der Waals surface area contributed by atoms with Crippen LogP contribution >= 0.6 is 15.9 Å². The molecule has 1 saturated carbocycles. The minimum atomic E-state index is -0.538. The highest BCUT2D eigenvalue weighted by Crippen LogP contribution is 2.33. The van der Waals surface area contributed by atoms with Crippen molar-refractivity contribution in [3.8, 4) is 0 Å². The maximum Gasteiger partial charge on any atom is 0.0821 e. The normalized spacial score (nSPS) is 19.4. The summed E-state index contributed by atoms with van der Waals surface area (Å²) in [6.45, 7) is 2.41. The van der Waals surface area contributed by atoms with E-state index < -0.39 is 11.7 Å². The van der Waals surface area contributed by atoms with Crippen molar-refractivity contribution >= 4 is 21.6 Å². The van der Waals surface area contributed by atoms with E-state index in [4.69, 9.17) is 0 Å². The Labute approximate surface area is 123 Å². The summed E-state index contributed by atoms with van der Waals surface area (Å²) in [6, 6.07) is 5.92. The molecule has 19 heavy (non-hydrogen) atoms. The fourth-order valence-electron chi connectivity index (χ4n) is 2.82. The van der Waals surface area contributed by atoms with Crippen LogP contribution in [0.3, 0.4) is 0 Å². The summed E-state index contributed by atoms with van der Waals surface area (Å²) >= 11 is 3.49. The minimum absolute atomic E-state index is 0.479. The van der Waals surface area contributed by atoms with Crippen LogP contribution in [0.15, 0.2) is 22.7 Å². The summed E-state index contributed by atoms with van der Waals surface area (Å²) in [4.78, 5) is 2.09. The van der Waals surface area contributed by atoms with E-state index in [0.29, 0.717) is 6.54 Å². The monoisotopic (exact) mass is 327 g/mol. The molecule has 2 rings (SSSR count). The maximum absolute atomic E-state index is 10.4. The van der Waals surface area contributed by atoms with Crippen molar-refractivity contribution in [2.75, 3.05) is 18.5 Å². The van der Waals surface area contributed by atoms with E-state index >= 15 is 0 Å². The van der Waals surface area contributed by atoms with Gasteiger partial charge in [-0.15, -0.1) is 0 Å². The standard InChI is InChI=1S/C15H22BrNO2/c1-11(18)13-6-5-12(9-14(13)16)17(2)10-15(19)7-3-4-8-15/h5-6,9,11,18-19H,3-4,7-8,10H2,1-2H3. The van der Waals surface area contributed by atoms with Crippen LogP contribution in [-0.4, -0.2) is 29.4 Å². The van der Waals surface area contributed by atoms with Crippen molar-refractivity contribution in [2.45, 2.75) is 44.3 Å². The Morgan fingerprint density at radius 1 is 1.37 bits per heavy atom. The van der Waals surface area contributed by atoms with E-state index in [-0.39, 0.29) is 0 Å². The van der Waals surface area contributed by atoms with Crippen LogP contribution in [-0.2, 0) is 0 Å². The molecule has 0 radical (unpaired) electrons. The van der Waals surface area contributed by atoms with E-state index in [1.165, 1.54) is 0 Å². The Morgan fingerprint density at radius 3 is 2.53 bits per heavy atom. The molecular weight excluding hydrogens is 306 g/mol. The SMILES string of the molecule is CC(O)c1ccc(N(C)CC2(O)CCCC2)cc1Br. The average molecular weight is 328 g/mol. The molecule has 1 aliphatic carbocycles.